The molecule has 0 aromatic heterocycles. The minimum absolute atomic E-state index is 0.199. The van der Waals surface area contributed by atoms with Gasteiger partial charge < -0.3 is 14.8 Å². The van der Waals surface area contributed by atoms with Crippen molar-refractivity contribution >= 4 is 11.6 Å². The van der Waals surface area contributed by atoms with E-state index in [1.807, 2.05) is 48.5 Å². The lowest BCUT2D eigenvalue weighted by Crippen LogP contribution is -2.19. The molecule has 3 nitrogen and oxygen atoms in total. The number of rotatable bonds is 5. The fourth-order valence-electron chi connectivity index (χ4n) is 2.34. The maximum atomic E-state index is 6.07. The third-order valence-electron chi connectivity index (χ3n) is 3.45. The van der Waals surface area contributed by atoms with E-state index in [-0.39, 0.29) is 6.10 Å². The maximum Gasteiger partial charge on any atom is 0.163 e. The molecule has 4 heteroatoms. The Morgan fingerprint density at radius 1 is 1.10 bits per heavy atom. The van der Waals surface area contributed by atoms with Crippen molar-refractivity contribution in [2.75, 3.05) is 13.1 Å². The second kappa shape index (κ2) is 6.83. The summed E-state index contributed by atoms with van der Waals surface area (Å²) in [6.45, 7) is 2.37. The lowest BCUT2D eigenvalue weighted by atomic mass is 10.2. The summed E-state index contributed by atoms with van der Waals surface area (Å²) in [5, 5.41) is 3.94. The zero-order chi connectivity index (χ0) is 14.5. The molecule has 1 aliphatic rings. The Kier molecular flexibility index (Phi) is 4.63. The fraction of sp³-hybridized carbons (Fsp3) is 0.294. The van der Waals surface area contributed by atoms with Crippen LogP contribution in [0.2, 0.25) is 5.02 Å². The van der Waals surface area contributed by atoms with Gasteiger partial charge in [0.05, 0.1) is 0 Å². The molecule has 0 bridgehead atoms. The molecule has 0 radical (unpaired) electrons. The number of ether oxygens (including phenoxy) is 2. The van der Waals surface area contributed by atoms with Crippen LogP contribution in [0.5, 0.6) is 11.5 Å². The summed E-state index contributed by atoms with van der Waals surface area (Å²) in [6.07, 6.45) is 1.21. The van der Waals surface area contributed by atoms with Gasteiger partial charge in [-0.05, 0) is 30.7 Å². The number of benzene rings is 2. The van der Waals surface area contributed by atoms with Gasteiger partial charge >= 0.3 is 0 Å². The summed E-state index contributed by atoms with van der Waals surface area (Å²) in [6, 6.07) is 15.6. The lowest BCUT2D eigenvalue weighted by molar-refractivity contribution is 0.204. The summed E-state index contributed by atoms with van der Waals surface area (Å²) < 4.78 is 11.9. The monoisotopic (exact) mass is 303 g/mol. The van der Waals surface area contributed by atoms with Crippen molar-refractivity contribution in [3.05, 3.63) is 59.1 Å². The first kappa shape index (κ1) is 14.2. The van der Waals surface area contributed by atoms with E-state index >= 15 is 0 Å². The van der Waals surface area contributed by atoms with Gasteiger partial charge in [-0.25, -0.2) is 0 Å². The van der Waals surface area contributed by atoms with Gasteiger partial charge in [-0.3, -0.25) is 0 Å². The molecule has 2 aromatic carbocycles. The van der Waals surface area contributed by atoms with Gasteiger partial charge in [0.25, 0.3) is 0 Å². The highest BCUT2D eigenvalue weighted by molar-refractivity contribution is 6.30. The number of halogens is 1. The normalized spacial score (nSPS) is 17.7. The van der Waals surface area contributed by atoms with Crippen LogP contribution in [0, 0.1) is 0 Å². The highest BCUT2D eigenvalue weighted by Crippen LogP contribution is 2.32. The Bertz CT molecular complexity index is 583. The van der Waals surface area contributed by atoms with Gasteiger partial charge in [0.2, 0.25) is 0 Å². The van der Waals surface area contributed by atoms with Crippen molar-refractivity contribution in [3.8, 4) is 11.5 Å². The molecule has 0 aliphatic carbocycles. The Hall–Kier alpha value is -1.71. The Morgan fingerprint density at radius 3 is 2.71 bits per heavy atom. The minimum Gasteiger partial charge on any atom is -0.485 e. The van der Waals surface area contributed by atoms with Crippen LogP contribution in [-0.4, -0.2) is 19.2 Å². The van der Waals surface area contributed by atoms with Crippen LogP contribution in [0.15, 0.2) is 48.5 Å². The molecule has 0 spiro atoms. The quantitative estimate of drug-likeness (QED) is 0.914. The molecule has 1 aliphatic heterocycles. The van der Waals surface area contributed by atoms with E-state index in [1.165, 1.54) is 0 Å². The summed E-state index contributed by atoms with van der Waals surface area (Å²) in [5.74, 6) is 1.45. The average Bonchev–Trinajstić information content (AvgIpc) is 3.01. The molecule has 0 unspecified atom stereocenters. The van der Waals surface area contributed by atoms with E-state index < -0.39 is 0 Å². The van der Waals surface area contributed by atoms with Crippen LogP contribution in [0.1, 0.15) is 12.0 Å². The summed E-state index contributed by atoms with van der Waals surface area (Å²) in [4.78, 5) is 0. The number of hydrogen-bond donors (Lipinski definition) is 1. The maximum absolute atomic E-state index is 6.07. The zero-order valence-corrected chi connectivity index (χ0v) is 12.5. The lowest BCUT2D eigenvalue weighted by Gasteiger charge is -2.17. The molecule has 1 fully saturated rings. The fourth-order valence-corrected chi connectivity index (χ4v) is 2.50. The minimum atomic E-state index is 0.199. The van der Waals surface area contributed by atoms with E-state index in [4.69, 9.17) is 21.1 Å². The molecular formula is C17H18ClNO2. The molecule has 0 saturated carbocycles. The first-order chi connectivity index (χ1) is 10.3. The van der Waals surface area contributed by atoms with Crippen LogP contribution in [0.3, 0.4) is 0 Å². The van der Waals surface area contributed by atoms with Crippen molar-refractivity contribution in [2.24, 2.45) is 0 Å². The van der Waals surface area contributed by atoms with Gasteiger partial charge in [0.1, 0.15) is 12.7 Å². The van der Waals surface area contributed by atoms with Gasteiger partial charge in [-0.2, -0.15) is 0 Å². The Morgan fingerprint density at radius 2 is 1.95 bits per heavy atom. The van der Waals surface area contributed by atoms with Crippen molar-refractivity contribution in [1.29, 1.82) is 0 Å². The van der Waals surface area contributed by atoms with Crippen LogP contribution in [-0.2, 0) is 6.61 Å². The third-order valence-corrected chi connectivity index (χ3v) is 3.69. The molecule has 3 rings (SSSR count). The largest absolute Gasteiger partial charge is 0.485 e. The first-order valence-electron chi connectivity index (χ1n) is 7.15. The molecule has 2 aromatic rings. The van der Waals surface area contributed by atoms with E-state index in [9.17, 15) is 0 Å². The summed E-state index contributed by atoms with van der Waals surface area (Å²) >= 11 is 6.07. The zero-order valence-electron chi connectivity index (χ0n) is 11.7. The molecular weight excluding hydrogens is 286 g/mol. The van der Waals surface area contributed by atoms with Crippen molar-refractivity contribution in [1.82, 2.24) is 5.32 Å². The highest BCUT2D eigenvalue weighted by Gasteiger charge is 2.18. The highest BCUT2D eigenvalue weighted by atomic mass is 35.5. The van der Waals surface area contributed by atoms with Gasteiger partial charge in [-0.1, -0.05) is 41.9 Å². The molecule has 1 saturated heterocycles. The number of hydrogen-bond acceptors (Lipinski definition) is 3. The second-order valence-electron chi connectivity index (χ2n) is 5.10. The van der Waals surface area contributed by atoms with Gasteiger partial charge in [-0.15, -0.1) is 0 Å². The molecule has 1 atom stereocenters. The van der Waals surface area contributed by atoms with E-state index in [0.29, 0.717) is 17.4 Å². The predicted octanol–water partition coefficient (Wildman–Crippen LogP) is 3.66. The average molecular weight is 304 g/mol. The van der Waals surface area contributed by atoms with Crippen LogP contribution in [0.25, 0.3) is 0 Å². The van der Waals surface area contributed by atoms with Crippen LogP contribution < -0.4 is 14.8 Å². The second-order valence-corrected chi connectivity index (χ2v) is 5.53. The van der Waals surface area contributed by atoms with E-state index in [2.05, 4.69) is 5.32 Å². The molecule has 21 heavy (non-hydrogen) atoms. The van der Waals surface area contributed by atoms with E-state index in [1.54, 1.807) is 0 Å². The molecule has 0 amide bonds. The van der Waals surface area contributed by atoms with Crippen molar-refractivity contribution < 1.29 is 9.47 Å². The van der Waals surface area contributed by atoms with Gasteiger partial charge in [0.15, 0.2) is 11.5 Å². The third kappa shape index (κ3) is 3.90. The van der Waals surface area contributed by atoms with Crippen molar-refractivity contribution in [3.63, 3.8) is 0 Å². The van der Waals surface area contributed by atoms with Crippen LogP contribution in [0.4, 0.5) is 0 Å². The Balaban J connectivity index is 1.71. The summed E-state index contributed by atoms with van der Waals surface area (Å²) in [7, 11) is 0. The molecule has 1 N–H and O–H groups in total. The molecule has 1 heterocycles. The first-order valence-corrected chi connectivity index (χ1v) is 7.53. The Labute approximate surface area is 129 Å². The van der Waals surface area contributed by atoms with E-state index in [0.717, 1.165) is 30.8 Å². The molecule has 110 valence electrons. The number of nitrogens with one attached hydrogen (secondary N) is 1. The standard InChI is InChI=1S/C17H18ClNO2/c18-14-6-7-16(21-15-8-9-19-11-15)17(10-14)20-12-13-4-2-1-3-5-13/h1-7,10,15,19H,8-9,11-12H2/t15-/m1/s1. The van der Waals surface area contributed by atoms with Crippen molar-refractivity contribution in [2.45, 2.75) is 19.1 Å². The van der Waals surface area contributed by atoms with Crippen LogP contribution >= 0.6 is 11.6 Å². The summed E-state index contributed by atoms with van der Waals surface area (Å²) in [5.41, 5.74) is 1.12. The van der Waals surface area contributed by atoms with Gasteiger partial charge in [0, 0.05) is 17.6 Å². The predicted molar refractivity (Wildman–Crippen MR) is 84.1 cm³/mol. The SMILES string of the molecule is Clc1ccc(O[C@@H]2CCNC2)c(OCc2ccccc2)c1. The topological polar surface area (TPSA) is 30.5 Å². The smallest absolute Gasteiger partial charge is 0.163 e.